The highest BCUT2D eigenvalue weighted by Crippen LogP contribution is 2.10. The van der Waals surface area contributed by atoms with Gasteiger partial charge in [0.25, 0.3) is 0 Å². The number of hydrogen-bond acceptors (Lipinski definition) is 3. The smallest absolute Gasteiger partial charge is 0.318 e. The number of nitrogens with zero attached hydrogens (tertiary/aromatic N) is 1. The zero-order valence-electron chi connectivity index (χ0n) is 9.91. The lowest BCUT2D eigenvalue weighted by molar-refractivity contribution is -0.122. The minimum absolute atomic E-state index is 0.0396. The van der Waals surface area contributed by atoms with Gasteiger partial charge < -0.3 is 15.5 Å². The maximum atomic E-state index is 11.9. The van der Waals surface area contributed by atoms with Gasteiger partial charge in [-0.3, -0.25) is 4.79 Å². The molecular weight excluding hydrogens is 238 g/mol. The van der Waals surface area contributed by atoms with E-state index in [1.165, 1.54) is 0 Å². The third-order valence-electron chi connectivity index (χ3n) is 3.13. The molecule has 0 aromatic carbocycles. The van der Waals surface area contributed by atoms with Crippen LogP contribution < -0.4 is 10.6 Å². The van der Waals surface area contributed by atoms with Gasteiger partial charge >= 0.3 is 6.03 Å². The number of hydrogen-bond donors (Lipinski definition) is 2. The van der Waals surface area contributed by atoms with Crippen molar-refractivity contribution in [3.8, 4) is 0 Å². The molecule has 0 bridgehead atoms. The van der Waals surface area contributed by atoms with Gasteiger partial charge in [-0.05, 0) is 19.3 Å². The average molecular weight is 257 g/mol. The van der Waals surface area contributed by atoms with E-state index in [2.05, 4.69) is 10.6 Å². The van der Waals surface area contributed by atoms with E-state index < -0.39 is 0 Å². The molecule has 0 spiro atoms. The van der Waals surface area contributed by atoms with Gasteiger partial charge in [0, 0.05) is 31.1 Å². The fraction of sp³-hybridized carbons (Fsp3) is 0.818. The Kier molecular flexibility index (Phi) is 4.53. The number of nitrogens with one attached hydrogen (secondary N) is 2. The number of urea groups is 1. The zero-order valence-corrected chi connectivity index (χ0v) is 10.7. The second-order valence-electron chi connectivity index (χ2n) is 4.39. The highest BCUT2D eigenvalue weighted by atomic mass is 32.2. The van der Waals surface area contributed by atoms with Crippen molar-refractivity contribution in [2.45, 2.75) is 25.3 Å². The number of carbonyl (C=O) groups excluding carboxylic acids is 2. The summed E-state index contributed by atoms with van der Waals surface area (Å²) in [6.07, 6.45) is 2.73. The summed E-state index contributed by atoms with van der Waals surface area (Å²) in [5.74, 6) is 1.94. The van der Waals surface area contributed by atoms with Gasteiger partial charge in [0.15, 0.2) is 0 Å². The second kappa shape index (κ2) is 6.14. The van der Waals surface area contributed by atoms with Crippen LogP contribution in [0.25, 0.3) is 0 Å². The highest BCUT2D eigenvalue weighted by molar-refractivity contribution is 7.99. The predicted molar refractivity (Wildman–Crippen MR) is 68.1 cm³/mol. The first kappa shape index (κ1) is 12.5. The maximum Gasteiger partial charge on any atom is 0.318 e. The van der Waals surface area contributed by atoms with Crippen LogP contribution in [0, 0.1) is 0 Å². The number of rotatable bonds is 1. The Morgan fingerprint density at radius 1 is 1.35 bits per heavy atom. The van der Waals surface area contributed by atoms with Crippen molar-refractivity contribution in [3.63, 3.8) is 0 Å². The van der Waals surface area contributed by atoms with Crippen LogP contribution in [0.4, 0.5) is 4.79 Å². The summed E-state index contributed by atoms with van der Waals surface area (Å²) in [6, 6.07) is -0.438. The normalized spacial score (nSPS) is 26.0. The Hall–Kier alpha value is -0.910. The van der Waals surface area contributed by atoms with Crippen molar-refractivity contribution in [2.24, 2.45) is 0 Å². The molecule has 17 heavy (non-hydrogen) atoms. The first-order valence-electron chi connectivity index (χ1n) is 6.18. The Morgan fingerprint density at radius 2 is 2.12 bits per heavy atom. The van der Waals surface area contributed by atoms with Crippen molar-refractivity contribution in [1.82, 2.24) is 15.5 Å². The summed E-state index contributed by atoms with van der Waals surface area (Å²) in [7, 11) is 0. The van der Waals surface area contributed by atoms with Crippen LogP contribution in [-0.2, 0) is 4.79 Å². The van der Waals surface area contributed by atoms with Crippen LogP contribution >= 0.6 is 11.8 Å². The van der Waals surface area contributed by atoms with Crippen LogP contribution in [0.2, 0.25) is 0 Å². The third-order valence-corrected chi connectivity index (χ3v) is 4.07. The monoisotopic (exact) mass is 257 g/mol. The van der Waals surface area contributed by atoms with E-state index in [4.69, 9.17) is 0 Å². The average Bonchev–Trinajstić information content (AvgIpc) is 2.56. The molecule has 1 unspecified atom stereocenters. The standard InChI is InChI=1S/C11H19N3O2S/c15-10-9(3-1-2-4-12-10)13-11(16)14-5-7-17-8-6-14/h9H,1-8H2,(H,12,15)(H,13,16). The minimum atomic E-state index is -0.348. The highest BCUT2D eigenvalue weighted by Gasteiger charge is 2.25. The molecule has 2 saturated heterocycles. The molecule has 0 aromatic rings. The van der Waals surface area contributed by atoms with Crippen molar-refractivity contribution >= 4 is 23.7 Å². The van der Waals surface area contributed by atoms with E-state index in [9.17, 15) is 9.59 Å². The summed E-state index contributed by atoms with van der Waals surface area (Å²) in [5, 5.41) is 5.67. The minimum Gasteiger partial charge on any atom is -0.354 e. The van der Waals surface area contributed by atoms with Gasteiger partial charge in [0.05, 0.1) is 0 Å². The largest absolute Gasteiger partial charge is 0.354 e. The molecule has 2 fully saturated rings. The number of carbonyl (C=O) groups is 2. The van der Waals surface area contributed by atoms with Gasteiger partial charge in [-0.2, -0.15) is 11.8 Å². The first-order valence-corrected chi connectivity index (χ1v) is 7.34. The van der Waals surface area contributed by atoms with Gasteiger partial charge in [-0.15, -0.1) is 0 Å². The van der Waals surface area contributed by atoms with E-state index in [-0.39, 0.29) is 18.0 Å². The third kappa shape index (κ3) is 3.52. The van der Waals surface area contributed by atoms with Crippen molar-refractivity contribution in [2.75, 3.05) is 31.1 Å². The van der Waals surface area contributed by atoms with Crippen LogP contribution in [0.1, 0.15) is 19.3 Å². The molecule has 96 valence electrons. The summed E-state index contributed by atoms with van der Waals surface area (Å²) < 4.78 is 0. The van der Waals surface area contributed by atoms with E-state index in [1.807, 2.05) is 11.8 Å². The molecule has 2 aliphatic rings. The van der Waals surface area contributed by atoms with Gasteiger partial charge in [0.1, 0.15) is 6.04 Å². The first-order chi connectivity index (χ1) is 8.27. The van der Waals surface area contributed by atoms with Gasteiger partial charge in [-0.1, -0.05) is 0 Å². The topological polar surface area (TPSA) is 61.4 Å². The van der Waals surface area contributed by atoms with Crippen LogP contribution in [0.3, 0.4) is 0 Å². The Morgan fingerprint density at radius 3 is 2.88 bits per heavy atom. The number of amides is 3. The lowest BCUT2D eigenvalue weighted by Gasteiger charge is -2.28. The Balaban J connectivity index is 1.85. The van der Waals surface area contributed by atoms with Crippen LogP contribution in [0.15, 0.2) is 0 Å². The summed E-state index contributed by atoms with van der Waals surface area (Å²) >= 11 is 1.87. The molecule has 3 amide bonds. The number of thioether (sulfide) groups is 1. The molecule has 0 aliphatic carbocycles. The van der Waals surface area contributed by atoms with Crippen molar-refractivity contribution in [3.05, 3.63) is 0 Å². The van der Waals surface area contributed by atoms with Gasteiger partial charge in [0.2, 0.25) is 5.91 Å². The summed E-state index contributed by atoms with van der Waals surface area (Å²) in [4.78, 5) is 25.4. The molecular formula is C11H19N3O2S. The molecule has 2 heterocycles. The van der Waals surface area contributed by atoms with E-state index >= 15 is 0 Å². The van der Waals surface area contributed by atoms with Gasteiger partial charge in [-0.25, -0.2) is 4.79 Å². The molecule has 1 atom stereocenters. The SMILES string of the molecule is O=C1NCCCCC1NC(=O)N1CCSCC1. The molecule has 2 N–H and O–H groups in total. The van der Waals surface area contributed by atoms with Crippen molar-refractivity contribution < 1.29 is 9.59 Å². The Labute approximate surface area is 106 Å². The molecule has 0 saturated carbocycles. The quantitative estimate of drug-likeness (QED) is 0.715. The maximum absolute atomic E-state index is 11.9. The molecule has 6 heteroatoms. The summed E-state index contributed by atoms with van der Waals surface area (Å²) in [6.45, 7) is 2.29. The van der Waals surface area contributed by atoms with E-state index in [0.29, 0.717) is 0 Å². The van der Waals surface area contributed by atoms with Crippen LogP contribution in [0.5, 0.6) is 0 Å². The van der Waals surface area contributed by atoms with E-state index in [0.717, 1.165) is 50.4 Å². The predicted octanol–water partition coefficient (Wildman–Crippen LogP) is 0.413. The lowest BCUT2D eigenvalue weighted by Crippen LogP contribution is -2.52. The van der Waals surface area contributed by atoms with Crippen molar-refractivity contribution in [1.29, 1.82) is 0 Å². The van der Waals surface area contributed by atoms with Crippen LogP contribution in [-0.4, -0.2) is 54.0 Å². The Bertz CT molecular complexity index is 292. The molecule has 2 aliphatic heterocycles. The molecule has 0 radical (unpaired) electrons. The fourth-order valence-corrected chi connectivity index (χ4v) is 2.99. The summed E-state index contributed by atoms with van der Waals surface area (Å²) in [5.41, 5.74) is 0. The fourth-order valence-electron chi connectivity index (χ4n) is 2.08. The second-order valence-corrected chi connectivity index (χ2v) is 5.61. The molecule has 0 aromatic heterocycles. The molecule has 5 nitrogen and oxygen atoms in total. The molecule has 2 rings (SSSR count). The lowest BCUT2D eigenvalue weighted by atomic mass is 10.1. The zero-order chi connectivity index (χ0) is 12.1. The van der Waals surface area contributed by atoms with E-state index in [1.54, 1.807) is 4.90 Å².